The lowest BCUT2D eigenvalue weighted by Gasteiger charge is -2.16. The Kier molecular flexibility index (Phi) is 11.9. The van der Waals surface area contributed by atoms with Crippen molar-refractivity contribution < 1.29 is 13.9 Å². The molecule has 1 aromatic rings. The monoisotopic (exact) mass is 493 g/mol. The molecule has 2 rings (SSSR count). The van der Waals surface area contributed by atoms with Crippen molar-refractivity contribution in [1.82, 2.24) is 10.6 Å². The Balaban J connectivity index is 0.00000364. The molecule has 0 atom stereocenters. The molecular formula is C20H33FIN3O2. The van der Waals surface area contributed by atoms with E-state index in [2.05, 4.69) is 17.6 Å². The molecule has 2 N–H and O–H groups in total. The average Bonchev–Trinajstić information content (AvgIpc) is 3.43. The molecule has 0 bridgehead atoms. The number of guanidine groups is 1. The number of nitrogens with zero attached hydrogens (tertiary/aromatic N) is 1. The number of hydrogen-bond donors (Lipinski definition) is 2. The highest BCUT2D eigenvalue weighted by molar-refractivity contribution is 14.0. The van der Waals surface area contributed by atoms with Gasteiger partial charge in [0.1, 0.15) is 5.82 Å². The van der Waals surface area contributed by atoms with E-state index in [1.54, 1.807) is 19.2 Å². The van der Waals surface area contributed by atoms with E-state index in [1.807, 2.05) is 6.07 Å². The molecule has 1 aliphatic rings. The fourth-order valence-corrected chi connectivity index (χ4v) is 2.86. The summed E-state index contributed by atoms with van der Waals surface area (Å²) in [5, 5.41) is 6.65. The van der Waals surface area contributed by atoms with Crippen LogP contribution in [0.25, 0.3) is 0 Å². The van der Waals surface area contributed by atoms with Gasteiger partial charge in [0.05, 0.1) is 19.8 Å². The zero-order valence-electron chi connectivity index (χ0n) is 16.4. The van der Waals surface area contributed by atoms with Gasteiger partial charge >= 0.3 is 0 Å². The van der Waals surface area contributed by atoms with Crippen LogP contribution in [0.5, 0.6) is 0 Å². The lowest BCUT2D eigenvalue weighted by atomic mass is 9.96. The molecular weight excluding hydrogens is 460 g/mol. The van der Waals surface area contributed by atoms with Gasteiger partial charge in [0.25, 0.3) is 0 Å². The summed E-state index contributed by atoms with van der Waals surface area (Å²) in [6.07, 6.45) is 4.16. The van der Waals surface area contributed by atoms with Crippen LogP contribution in [-0.2, 0) is 14.9 Å². The fourth-order valence-electron chi connectivity index (χ4n) is 2.86. The molecule has 27 heavy (non-hydrogen) atoms. The van der Waals surface area contributed by atoms with E-state index in [4.69, 9.17) is 14.5 Å². The number of ether oxygens (including phenoxy) is 2. The van der Waals surface area contributed by atoms with Gasteiger partial charge in [-0.1, -0.05) is 12.1 Å². The second kappa shape index (κ2) is 13.3. The first-order valence-electron chi connectivity index (χ1n) is 9.55. The first kappa shape index (κ1) is 24.1. The van der Waals surface area contributed by atoms with Crippen LogP contribution in [0.4, 0.5) is 4.39 Å². The number of aliphatic imine (C=N–C) groups is 1. The summed E-state index contributed by atoms with van der Waals surface area (Å²) < 4.78 is 23.9. The summed E-state index contributed by atoms with van der Waals surface area (Å²) in [7, 11) is 1.68. The highest BCUT2D eigenvalue weighted by Gasteiger charge is 2.44. The van der Waals surface area contributed by atoms with Crippen molar-refractivity contribution in [2.45, 2.75) is 38.0 Å². The number of methoxy groups -OCH3 is 1. The molecule has 0 saturated heterocycles. The zero-order chi connectivity index (χ0) is 18.7. The third kappa shape index (κ3) is 8.74. The van der Waals surface area contributed by atoms with Crippen LogP contribution in [0.3, 0.4) is 0 Å². The summed E-state index contributed by atoms with van der Waals surface area (Å²) in [6.45, 7) is 6.46. The van der Waals surface area contributed by atoms with Crippen LogP contribution < -0.4 is 10.6 Å². The van der Waals surface area contributed by atoms with E-state index in [0.717, 1.165) is 56.9 Å². The smallest absolute Gasteiger partial charge is 0.191 e. The maximum Gasteiger partial charge on any atom is 0.191 e. The van der Waals surface area contributed by atoms with Crippen LogP contribution in [0.2, 0.25) is 0 Å². The Morgan fingerprint density at radius 1 is 1.19 bits per heavy atom. The third-order valence-electron chi connectivity index (χ3n) is 4.61. The maximum absolute atomic E-state index is 13.5. The average molecular weight is 493 g/mol. The molecule has 0 amide bonds. The van der Waals surface area contributed by atoms with Crippen LogP contribution in [0.1, 0.15) is 38.2 Å². The summed E-state index contributed by atoms with van der Waals surface area (Å²) in [4.78, 5) is 4.74. The quantitative estimate of drug-likeness (QED) is 0.203. The highest BCUT2D eigenvalue weighted by atomic mass is 127. The van der Waals surface area contributed by atoms with Gasteiger partial charge in [0, 0.05) is 32.2 Å². The normalized spacial score (nSPS) is 15.1. The van der Waals surface area contributed by atoms with Crippen LogP contribution in [-0.4, -0.2) is 52.5 Å². The molecule has 0 heterocycles. The number of unbranched alkanes of at least 4 members (excludes halogenated alkanes) is 1. The molecule has 7 heteroatoms. The Hall–Kier alpha value is -0.930. The Morgan fingerprint density at radius 2 is 2.00 bits per heavy atom. The molecule has 1 aliphatic carbocycles. The molecule has 1 saturated carbocycles. The molecule has 5 nitrogen and oxygen atoms in total. The third-order valence-corrected chi connectivity index (χ3v) is 4.61. The van der Waals surface area contributed by atoms with Gasteiger partial charge in [0.15, 0.2) is 5.96 Å². The standard InChI is InChI=1S/C20H32FN3O2.HI/c1-3-22-19(23-11-4-5-12-26-14-13-25-2)24-16-20(9-10-20)17-7-6-8-18(21)15-17;/h6-8,15H,3-5,9-14,16H2,1-2H3,(H2,22,23,24);1H. The predicted molar refractivity (Wildman–Crippen MR) is 119 cm³/mol. The largest absolute Gasteiger partial charge is 0.382 e. The maximum atomic E-state index is 13.5. The number of rotatable bonds is 12. The van der Waals surface area contributed by atoms with Crippen molar-refractivity contribution in [2.24, 2.45) is 4.99 Å². The lowest BCUT2D eigenvalue weighted by Crippen LogP contribution is -2.38. The van der Waals surface area contributed by atoms with Gasteiger partial charge in [-0.15, -0.1) is 24.0 Å². The number of nitrogens with one attached hydrogen (secondary N) is 2. The van der Waals surface area contributed by atoms with Crippen molar-refractivity contribution in [1.29, 1.82) is 0 Å². The second-order valence-electron chi connectivity index (χ2n) is 6.72. The minimum absolute atomic E-state index is 0. The van der Waals surface area contributed by atoms with Crippen LogP contribution in [0, 0.1) is 5.82 Å². The van der Waals surface area contributed by atoms with Crippen molar-refractivity contribution >= 4 is 29.9 Å². The fraction of sp³-hybridized carbons (Fsp3) is 0.650. The summed E-state index contributed by atoms with van der Waals surface area (Å²) in [6, 6.07) is 6.93. The van der Waals surface area contributed by atoms with Crippen molar-refractivity contribution in [3.05, 3.63) is 35.6 Å². The van der Waals surface area contributed by atoms with E-state index in [0.29, 0.717) is 19.8 Å². The summed E-state index contributed by atoms with van der Waals surface area (Å²) in [5.74, 6) is 0.658. The molecule has 1 fully saturated rings. The van der Waals surface area contributed by atoms with E-state index in [1.165, 1.54) is 6.07 Å². The van der Waals surface area contributed by atoms with Gasteiger partial charge in [-0.2, -0.15) is 0 Å². The van der Waals surface area contributed by atoms with Crippen LogP contribution >= 0.6 is 24.0 Å². The number of hydrogen-bond acceptors (Lipinski definition) is 3. The SMILES string of the molecule is CCNC(=NCC1(c2cccc(F)c2)CC1)NCCCCOCCOC.I. The second-order valence-corrected chi connectivity index (χ2v) is 6.72. The summed E-state index contributed by atoms with van der Waals surface area (Å²) >= 11 is 0. The molecule has 0 aromatic heterocycles. The first-order valence-corrected chi connectivity index (χ1v) is 9.55. The van der Waals surface area contributed by atoms with E-state index < -0.39 is 0 Å². The zero-order valence-corrected chi connectivity index (χ0v) is 18.8. The molecule has 0 unspecified atom stereocenters. The predicted octanol–water partition coefficient (Wildman–Crippen LogP) is 3.47. The number of halogens is 2. The van der Waals surface area contributed by atoms with Crippen molar-refractivity contribution in [3.8, 4) is 0 Å². The van der Waals surface area contributed by atoms with Gasteiger partial charge < -0.3 is 20.1 Å². The van der Waals surface area contributed by atoms with E-state index in [-0.39, 0.29) is 35.2 Å². The van der Waals surface area contributed by atoms with Gasteiger partial charge in [0.2, 0.25) is 0 Å². The van der Waals surface area contributed by atoms with Gasteiger partial charge in [-0.3, -0.25) is 4.99 Å². The van der Waals surface area contributed by atoms with Gasteiger partial charge in [-0.25, -0.2) is 4.39 Å². The number of benzene rings is 1. The lowest BCUT2D eigenvalue weighted by molar-refractivity contribution is 0.0689. The molecule has 1 aromatic carbocycles. The Labute approximate surface area is 179 Å². The van der Waals surface area contributed by atoms with Crippen LogP contribution in [0.15, 0.2) is 29.3 Å². The Bertz CT molecular complexity index is 568. The van der Waals surface area contributed by atoms with E-state index >= 15 is 0 Å². The minimum atomic E-state index is -0.171. The first-order chi connectivity index (χ1) is 12.7. The molecule has 154 valence electrons. The van der Waals surface area contributed by atoms with Gasteiger partial charge in [-0.05, 0) is 50.3 Å². The van der Waals surface area contributed by atoms with Crippen molar-refractivity contribution in [3.63, 3.8) is 0 Å². The Morgan fingerprint density at radius 3 is 2.67 bits per heavy atom. The molecule has 0 radical (unpaired) electrons. The summed E-state index contributed by atoms with van der Waals surface area (Å²) in [5.41, 5.74) is 1.07. The minimum Gasteiger partial charge on any atom is -0.382 e. The van der Waals surface area contributed by atoms with Crippen molar-refractivity contribution in [2.75, 3.05) is 46.6 Å². The highest BCUT2D eigenvalue weighted by Crippen LogP contribution is 2.48. The molecule has 0 spiro atoms. The molecule has 0 aliphatic heterocycles. The van der Waals surface area contributed by atoms with E-state index in [9.17, 15) is 4.39 Å². The topological polar surface area (TPSA) is 54.9 Å².